The molecular formula is C10H14O. The van der Waals surface area contributed by atoms with Gasteiger partial charge in [-0.25, -0.2) is 0 Å². The molecule has 0 N–H and O–H groups in total. The fourth-order valence-electron chi connectivity index (χ4n) is 2.38. The zero-order chi connectivity index (χ0) is 7.90. The molecule has 0 aromatic heterocycles. The van der Waals surface area contributed by atoms with Gasteiger partial charge in [0.1, 0.15) is 5.78 Å². The molecule has 11 heavy (non-hydrogen) atoms. The average Bonchev–Trinajstić information content (AvgIpc) is 2.53. The highest BCUT2D eigenvalue weighted by molar-refractivity contribution is 5.90. The van der Waals surface area contributed by atoms with Crippen molar-refractivity contribution in [2.45, 2.75) is 32.6 Å². The fourth-order valence-corrected chi connectivity index (χ4v) is 2.38. The summed E-state index contributed by atoms with van der Waals surface area (Å²) in [6.45, 7) is 2.03. The molecule has 1 heteroatoms. The second-order valence-corrected chi connectivity index (χ2v) is 3.77. The molecule has 0 saturated heterocycles. The maximum atomic E-state index is 11.4. The Morgan fingerprint density at radius 1 is 1.64 bits per heavy atom. The van der Waals surface area contributed by atoms with Crippen LogP contribution >= 0.6 is 0 Å². The van der Waals surface area contributed by atoms with Crippen LogP contribution < -0.4 is 0 Å². The van der Waals surface area contributed by atoms with E-state index in [9.17, 15) is 4.79 Å². The zero-order valence-electron chi connectivity index (χ0n) is 6.97. The molecule has 2 atom stereocenters. The van der Waals surface area contributed by atoms with Gasteiger partial charge in [0.15, 0.2) is 0 Å². The Kier molecular flexibility index (Phi) is 1.41. The normalized spacial score (nSPS) is 42.6. The van der Waals surface area contributed by atoms with Gasteiger partial charge in [0, 0.05) is 11.8 Å². The quantitative estimate of drug-likeness (QED) is 0.524. The first-order valence-electron chi connectivity index (χ1n) is 4.46. The predicted octanol–water partition coefficient (Wildman–Crippen LogP) is 2.32. The number of carbonyl (C=O) groups excluding carboxylic acids is 1. The van der Waals surface area contributed by atoms with Crippen LogP contribution in [-0.2, 0) is 4.79 Å². The van der Waals surface area contributed by atoms with Gasteiger partial charge in [-0.1, -0.05) is 12.2 Å². The van der Waals surface area contributed by atoms with Crippen LogP contribution in [0, 0.1) is 11.3 Å². The Labute approximate surface area is 67.5 Å². The second-order valence-electron chi connectivity index (χ2n) is 3.77. The van der Waals surface area contributed by atoms with Gasteiger partial charge in [0.2, 0.25) is 0 Å². The first kappa shape index (κ1) is 7.08. The summed E-state index contributed by atoms with van der Waals surface area (Å²) in [6, 6.07) is 0. The average molecular weight is 150 g/mol. The van der Waals surface area contributed by atoms with E-state index < -0.39 is 0 Å². The lowest BCUT2D eigenvalue weighted by Crippen LogP contribution is -2.08. The molecule has 0 aliphatic heterocycles. The summed E-state index contributed by atoms with van der Waals surface area (Å²) in [5.74, 6) is 1.13. The van der Waals surface area contributed by atoms with E-state index in [0.29, 0.717) is 11.7 Å². The molecule has 0 radical (unpaired) electrons. The number of carbonyl (C=O) groups is 1. The third-order valence-electron chi connectivity index (χ3n) is 3.14. The third-order valence-corrected chi connectivity index (χ3v) is 3.14. The Balaban J connectivity index is 2.10. The molecule has 1 spiro atoms. The highest BCUT2D eigenvalue weighted by atomic mass is 16.1. The lowest BCUT2D eigenvalue weighted by molar-refractivity contribution is -0.122. The summed E-state index contributed by atoms with van der Waals surface area (Å²) in [4.78, 5) is 11.4. The minimum atomic E-state index is 0.145. The molecule has 60 valence electrons. The van der Waals surface area contributed by atoms with Crippen molar-refractivity contribution in [2.24, 2.45) is 11.3 Å². The van der Waals surface area contributed by atoms with E-state index in [0.717, 1.165) is 25.7 Å². The summed E-state index contributed by atoms with van der Waals surface area (Å²) in [7, 11) is 0. The van der Waals surface area contributed by atoms with E-state index in [1.54, 1.807) is 0 Å². The minimum absolute atomic E-state index is 0.145. The molecule has 2 saturated carbocycles. The maximum Gasteiger partial charge on any atom is 0.139 e. The molecule has 2 fully saturated rings. The van der Waals surface area contributed by atoms with Crippen molar-refractivity contribution < 1.29 is 4.79 Å². The number of Topliss-reactive ketones (excluding diaryl/α,β-unsaturated/α-hetero) is 1. The molecule has 0 heterocycles. The number of ketones is 1. The van der Waals surface area contributed by atoms with E-state index in [1.165, 1.54) is 0 Å². The highest BCUT2D eigenvalue weighted by Gasteiger charge is 2.59. The molecule has 2 aliphatic rings. The number of hydrogen-bond acceptors (Lipinski definition) is 1. The van der Waals surface area contributed by atoms with Gasteiger partial charge in [0.05, 0.1) is 0 Å². The van der Waals surface area contributed by atoms with Crippen LogP contribution in [0.25, 0.3) is 0 Å². The molecule has 2 rings (SSSR count). The van der Waals surface area contributed by atoms with Gasteiger partial charge in [0.25, 0.3) is 0 Å². The van der Waals surface area contributed by atoms with Gasteiger partial charge in [-0.2, -0.15) is 0 Å². The smallest absolute Gasteiger partial charge is 0.139 e. The van der Waals surface area contributed by atoms with Crippen molar-refractivity contribution in [2.75, 3.05) is 0 Å². The van der Waals surface area contributed by atoms with E-state index in [2.05, 4.69) is 12.2 Å². The summed E-state index contributed by atoms with van der Waals surface area (Å²) < 4.78 is 0. The van der Waals surface area contributed by atoms with Crippen molar-refractivity contribution >= 4 is 5.78 Å². The topological polar surface area (TPSA) is 17.1 Å². The van der Waals surface area contributed by atoms with Gasteiger partial charge < -0.3 is 0 Å². The van der Waals surface area contributed by atoms with E-state index >= 15 is 0 Å². The molecule has 1 nitrogen and oxygen atoms in total. The van der Waals surface area contributed by atoms with Crippen molar-refractivity contribution in [3.05, 3.63) is 12.2 Å². The Morgan fingerprint density at radius 3 is 3.00 bits per heavy atom. The van der Waals surface area contributed by atoms with E-state index in [1.807, 2.05) is 6.92 Å². The number of allylic oxidation sites excluding steroid dienone is 2. The van der Waals surface area contributed by atoms with Crippen LogP contribution in [0.4, 0.5) is 0 Å². The lowest BCUT2D eigenvalue weighted by Gasteiger charge is -2.01. The van der Waals surface area contributed by atoms with Gasteiger partial charge >= 0.3 is 0 Å². The largest absolute Gasteiger partial charge is 0.299 e. The molecule has 0 bridgehead atoms. The van der Waals surface area contributed by atoms with Crippen molar-refractivity contribution in [1.82, 2.24) is 0 Å². The summed E-state index contributed by atoms with van der Waals surface area (Å²) >= 11 is 0. The molecule has 0 aromatic rings. The van der Waals surface area contributed by atoms with Gasteiger partial charge in [-0.05, 0) is 32.1 Å². The first-order chi connectivity index (χ1) is 5.29. The maximum absolute atomic E-state index is 11.4. The fraction of sp³-hybridized carbons (Fsp3) is 0.700. The molecule has 0 amide bonds. The second kappa shape index (κ2) is 2.20. The molecule has 0 aromatic carbocycles. The predicted molar refractivity (Wildman–Crippen MR) is 44.2 cm³/mol. The number of rotatable bonds is 1. The first-order valence-corrected chi connectivity index (χ1v) is 4.46. The van der Waals surface area contributed by atoms with E-state index in [-0.39, 0.29) is 5.41 Å². The van der Waals surface area contributed by atoms with Crippen molar-refractivity contribution in [3.8, 4) is 0 Å². The molecule has 2 aliphatic carbocycles. The standard InChI is InChI=1S/C10H14O/c1-2-4-8-7-10(8)6-3-5-9(10)11/h2,4,8H,3,5-7H2,1H3/b4-2+. The monoisotopic (exact) mass is 150 g/mol. The summed E-state index contributed by atoms with van der Waals surface area (Å²) in [5, 5.41) is 0. The SMILES string of the molecule is C/C=C/C1CC12CCCC2=O. The Hall–Kier alpha value is -0.590. The van der Waals surface area contributed by atoms with Crippen molar-refractivity contribution in [3.63, 3.8) is 0 Å². The van der Waals surface area contributed by atoms with E-state index in [4.69, 9.17) is 0 Å². The zero-order valence-corrected chi connectivity index (χ0v) is 6.97. The third kappa shape index (κ3) is 0.867. The van der Waals surface area contributed by atoms with Crippen LogP contribution in [0.2, 0.25) is 0 Å². The lowest BCUT2D eigenvalue weighted by atomic mass is 10.0. The van der Waals surface area contributed by atoms with Crippen LogP contribution in [0.1, 0.15) is 32.6 Å². The van der Waals surface area contributed by atoms with Crippen molar-refractivity contribution in [1.29, 1.82) is 0 Å². The Morgan fingerprint density at radius 2 is 2.45 bits per heavy atom. The van der Waals surface area contributed by atoms with Gasteiger partial charge in [-0.15, -0.1) is 0 Å². The molecule has 2 unspecified atom stereocenters. The van der Waals surface area contributed by atoms with Crippen LogP contribution in [0.15, 0.2) is 12.2 Å². The summed E-state index contributed by atoms with van der Waals surface area (Å²) in [5.41, 5.74) is 0.145. The van der Waals surface area contributed by atoms with Gasteiger partial charge in [-0.3, -0.25) is 4.79 Å². The number of hydrogen-bond donors (Lipinski definition) is 0. The van der Waals surface area contributed by atoms with Crippen LogP contribution in [-0.4, -0.2) is 5.78 Å². The van der Waals surface area contributed by atoms with Crippen LogP contribution in [0.3, 0.4) is 0 Å². The summed E-state index contributed by atoms with van der Waals surface area (Å²) in [6.07, 6.45) is 8.53. The highest BCUT2D eigenvalue weighted by Crippen LogP contribution is 2.61. The van der Waals surface area contributed by atoms with Crippen LogP contribution in [0.5, 0.6) is 0 Å². The molecular weight excluding hydrogens is 136 g/mol. The Bertz CT molecular complexity index is 217. The minimum Gasteiger partial charge on any atom is -0.299 e.